The SMILES string of the molecule is CC(C)(C)C(O)CN1CCN(C(C)(C)CN)CC1. The van der Waals surface area contributed by atoms with Gasteiger partial charge in [0.2, 0.25) is 0 Å². The standard InChI is InChI=1S/C14H31N3O/c1-13(2,3)12(18)10-16-6-8-17(9-7-16)14(4,5)11-15/h12,18H,6-11,15H2,1-5H3. The fourth-order valence-electron chi connectivity index (χ4n) is 2.18. The van der Waals surface area contributed by atoms with Gasteiger partial charge < -0.3 is 10.8 Å². The quantitative estimate of drug-likeness (QED) is 0.780. The molecule has 0 radical (unpaired) electrons. The topological polar surface area (TPSA) is 52.7 Å². The minimum atomic E-state index is -0.258. The van der Waals surface area contributed by atoms with Crippen LogP contribution < -0.4 is 5.73 Å². The molecule has 0 aromatic carbocycles. The zero-order valence-electron chi connectivity index (χ0n) is 12.7. The molecule has 1 unspecified atom stereocenters. The Morgan fingerprint density at radius 3 is 1.94 bits per heavy atom. The highest BCUT2D eigenvalue weighted by Crippen LogP contribution is 2.21. The number of rotatable bonds is 4. The summed E-state index contributed by atoms with van der Waals surface area (Å²) in [5, 5.41) is 10.1. The molecule has 0 amide bonds. The van der Waals surface area contributed by atoms with Crippen molar-refractivity contribution in [1.29, 1.82) is 0 Å². The summed E-state index contributed by atoms with van der Waals surface area (Å²) in [6, 6.07) is 0. The molecule has 1 aliphatic heterocycles. The lowest BCUT2D eigenvalue weighted by Crippen LogP contribution is -2.58. The molecular weight excluding hydrogens is 226 g/mol. The molecule has 0 spiro atoms. The Kier molecular flexibility index (Phi) is 5.18. The highest BCUT2D eigenvalue weighted by molar-refractivity contribution is 4.87. The molecule has 4 nitrogen and oxygen atoms in total. The number of nitrogens with zero attached hydrogens (tertiary/aromatic N) is 2. The van der Waals surface area contributed by atoms with Crippen LogP contribution in [0.15, 0.2) is 0 Å². The highest BCUT2D eigenvalue weighted by atomic mass is 16.3. The van der Waals surface area contributed by atoms with Crippen LogP contribution >= 0.6 is 0 Å². The summed E-state index contributed by atoms with van der Waals surface area (Å²) in [6.07, 6.45) is -0.258. The van der Waals surface area contributed by atoms with E-state index in [0.29, 0.717) is 6.54 Å². The first-order chi connectivity index (χ1) is 8.16. The van der Waals surface area contributed by atoms with Gasteiger partial charge in [-0.3, -0.25) is 9.80 Å². The van der Waals surface area contributed by atoms with Gasteiger partial charge in [-0.1, -0.05) is 20.8 Å². The van der Waals surface area contributed by atoms with E-state index in [1.165, 1.54) is 0 Å². The van der Waals surface area contributed by atoms with Crippen LogP contribution in [0.2, 0.25) is 0 Å². The van der Waals surface area contributed by atoms with Gasteiger partial charge in [0.1, 0.15) is 0 Å². The Balaban J connectivity index is 2.41. The van der Waals surface area contributed by atoms with Gasteiger partial charge in [0.15, 0.2) is 0 Å². The first kappa shape index (κ1) is 15.9. The Hall–Kier alpha value is -0.160. The van der Waals surface area contributed by atoms with E-state index < -0.39 is 0 Å². The maximum Gasteiger partial charge on any atom is 0.0715 e. The molecule has 1 aliphatic rings. The zero-order valence-corrected chi connectivity index (χ0v) is 12.7. The van der Waals surface area contributed by atoms with Crippen molar-refractivity contribution in [3.05, 3.63) is 0 Å². The zero-order chi connectivity index (χ0) is 14.0. The average molecular weight is 257 g/mol. The minimum Gasteiger partial charge on any atom is -0.391 e. The van der Waals surface area contributed by atoms with Crippen LogP contribution in [0.5, 0.6) is 0 Å². The lowest BCUT2D eigenvalue weighted by Gasteiger charge is -2.44. The Bertz CT molecular complexity index is 252. The highest BCUT2D eigenvalue weighted by Gasteiger charge is 2.30. The smallest absolute Gasteiger partial charge is 0.0715 e. The molecule has 0 bridgehead atoms. The predicted molar refractivity (Wildman–Crippen MR) is 76.6 cm³/mol. The van der Waals surface area contributed by atoms with Gasteiger partial charge in [-0.05, 0) is 19.3 Å². The van der Waals surface area contributed by atoms with Crippen LogP contribution in [-0.2, 0) is 0 Å². The van der Waals surface area contributed by atoms with E-state index in [1.54, 1.807) is 0 Å². The van der Waals surface area contributed by atoms with Crippen molar-refractivity contribution >= 4 is 0 Å². The van der Waals surface area contributed by atoms with Crippen molar-refractivity contribution in [1.82, 2.24) is 9.80 Å². The van der Waals surface area contributed by atoms with Crippen molar-refractivity contribution in [2.45, 2.75) is 46.3 Å². The van der Waals surface area contributed by atoms with Crippen molar-refractivity contribution < 1.29 is 5.11 Å². The molecule has 0 saturated carbocycles. The average Bonchev–Trinajstić information content (AvgIpc) is 2.28. The first-order valence-corrected chi connectivity index (χ1v) is 7.02. The monoisotopic (exact) mass is 257 g/mol. The second kappa shape index (κ2) is 5.87. The summed E-state index contributed by atoms with van der Waals surface area (Å²) in [6.45, 7) is 16.3. The third kappa shape index (κ3) is 4.19. The summed E-state index contributed by atoms with van der Waals surface area (Å²) >= 11 is 0. The van der Waals surface area contributed by atoms with Crippen molar-refractivity contribution in [3.8, 4) is 0 Å². The van der Waals surface area contributed by atoms with Gasteiger partial charge in [-0.2, -0.15) is 0 Å². The second-order valence-corrected chi connectivity index (χ2v) is 7.19. The third-order valence-electron chi connectivity index (χ3n) is 4.16. The molecule has 1 heterocycles. The van der Waals surface area contributed by atoms with E-state index in [2.05, 4.69) is 44.4 Å². The molecule has 1 fully saturated rings. The predicted octanol–water partition coefficient (Wildman–Crippen LogP) is 0.748. The number of β-amino-alcohol motifs (C(OH)–C–C–N with tert-alkyl or cyclic N) is 1. The number of hydrogen-bond donors (Lipinski definition) is 2. The van der Waals surface area contributed by atoms with Crippen LogP contribution in [0.25, 0.3) is 0 Å². The number of aliphatic hydroxyl groups is 1. The molecular formula is C14H31N3O. The molecule has 1 rings (SSSR count). The Labute approximate surface area is 112 Å². The molecule has 0 aromatic heterocycles. The molecule has 4 heteroatoms. The van der Waals surface area contributed by atoms with Crippen molar-refractivity contribution in [2.75, 3.05) is 39.3 Å². The molecule has 0 aliphatic carbocycles. The Morgan fingerprint density at radius 2 is 1.56 bits per heavy atom. The molecule has 1 atom stereocenters. The third-order valence-corrected chi connectivity index (χ3v) is 4.16. The molecule has 18 heavy (non-hydrogen) atoms. The molecule has 1 saturated heterocycles. The summed E-state index contributed by atoms with van der Waals surface area (Å²) in [5.74, 6) is 0. The van der Waals surface area contributed by atoms with Gasteiger partial charge in [0.05, 0.1) is 6.10 Å². The minimum absolute atomic E-state index is 0.0341. The summed E-state index contributed by atoms with van der Waals surface area (Å²) in [7, 11) is 0. The van der Waals surface area contributed by atoms with Gasteiger partial charge in [0, 0.05) is 44.8 Å². The van der Waals surface area contributed by atoms with Gasteiger partial charge in [-0.25, -0.2) is 0 Å². The summed E-state index contributed by atoms with van der Waals surface area (Å²) in [4.78, 5) is 4.81. The normalized spacial score (nSPS) is 22.2. The first-order valence-electron chi connectivity index (χ1n) is 7.02. The number of aliphatic hydroxyl groups excluding tert-OH is 1. The van der Waals surface area contributed by atoms with Crippen LogP contribution in [0.1, 0.15) is 34.6 Å². The van der Waals surface area contributed by atoms with Crippen molar-refractivity contribution in [3.63, 3.8) is 0 Å². The molecule has 108 valence electrons. The summed E-state index contributed by atoms with van der Waals surface area (Å²) in [5.41, 5.74) is 5.87. The number of nitrogens with two attached hydrogens (primary N) is 1. The van der Waals surface area contributed by atoms with E-state index in [-0.39, 0.29) is 17.1 Å². The fourth-order valence-corrected chi connectivity index (χ4v) is 2.18. The van der Waals surface area contributed by atoms with Crippen molar-refractivity contribution in [2.24, 2.45) is 11.1 Å². The van der Waals surface area contributed by atoms with E-state index in [0.717, 1.165) is 32.7 Å². The van der Waals surface area contributed by atoms with Crippen LogP contribution in [-0.4, -0.2) is 65.8 Å². The molecule has 3 N–H and O–H groups in total. The van der Waals surface area contributed by atoms with E-state index in [9.17, 15) is 5.11 Å². The van der Waals surface area contributed by atoms with Crippen LogP contribution in [0, 0.1) is 5.41 Å². The Morgan fingerprint density at radius 1 is 1.06 bits per heavy atom. The number of piperazine rings is 1. The lowest BCUT2D eigenvalue weighted by molar-refractivity contribution is -0.00147. The van der Waals surface area contributed by atoms with E-state index >= 15 is 0 Å². The van der Waals surface area contributed by atoms with Crippen LogP contribution in [0.4, 0.5) is 0 Å². The second-order valence-electron chi connectivity index (χ2n) is 7.19. The largest absolute Gasteiger partial charge is 0.391 e. The maximum absolute atomic E-state index is 10.1. The van der Waals surface area contributed by atoms with E-state index in [4.69, 9.17) is 5.73 Å². The van der Waals surface area contributed by atoms with Gasteiger partial charge in [-0.15, -0.1) is 0 Å². The number of hydrogen-bond acceptors (Lipinski definition) is 4. The lowest BCUT2D eigenvalue weighted by atomic mass is 9.88. The molecule has 0 aromatic rings. The maximum atomic E-state index is 10.1. The summed E-state index contributed by atoms with van der Waals surface area (Å²) < 4.78 is 0. The van der Waals surface area contributed by atoms with Gasteiger partial charge >= 0.3 is 0 Å². The van der Waals surface area contributed by atoms with E-state index in [1.807, 2.05) is 0 Å². The van der Waals surface area contributed by atoms with Gasteiger partial charge in [0.25, 0.3) is 0 Å². The van der Waals surface area contributed by atoms with Crippen LogP contribution in [0.3, 0.4) is 0 Å². The fraction of sp³-hybridized carbons (Fsp3) is 1.00.